The Morgan fingerprint density at radius 1 is 0.919 bits per heavy atom. The second-order valence-electron chi connectivity index (χ2n) is 9.95. The Kier molecular flexibility index (Phi) is 7.35. The van der Waals surface area contributed by atoms with E-state index < -0.39 is 0 Å². The molecule has 0 radical (unpaired) electrons. The fraction of sp³-hybridized carbons (Fsp3) is 0.323. The average Bonchev–Trinajstić information content (AvgIpc) is 2.94. The Morgan fingerprint density at radius 3 is 2.27 bits per heavy atom. The van der Waals surface area contributed by atoms with Crippen LogP contribution in [0, 0.1) is 12.8 Å². The first-order chi connectivity index (χ1) is 18.0. The van der Waals surface area contributed by atoms with Crippen LogP contribution < -0.4 is 15.8 Å². The first-order valence-corrected chi connectivity index (χ1v) is 13.2. The second-order valence-corrected chi connectivity index (χ2v) is 9.95. The molecule has 4 aromatic rings. The molecule has 0 spiro atoms. The molecule has 5 rings (SSSR count). The summed E-state index contributed by atoms with van der Waals surface area (Å²) in [6.45, 7) is 6.49. The molecule has 0 saturated carbocycles. The van der Waals surface area contributed by atoms with Crippen LogP contribution in [0.3, 0.4) is 0 Å². The van der Waals surface area contributed by atoms with Gasteiger partial charge in [-0.05, 0) is 55.0 Å². The maximum atomic E-state index is 13.7. The van der Waals surface area contributed by atoms with Crippen molar-refractivity contribution in [3.63, 3.8) is 0 Å². The van der Waals surface area contributed by atoms with Gasteiger partial charge < -0.3 is 10.2 Å². The third-order valence-electron chi connectivity index (χ3n) is 7.36. The van der Waals surface area contributed by atoms with Crippen molar-refractivity contribution >= 4 is 22.8 Å². The number of aryl methyl sites for hydroxylation is 2. The van der Waals surface area contributed by atoms with Crippen LogP contribution in [0.25, 0.3) is 11.0 Å². The average molecular weight is 495 g/mol. The standard InChI is InChI=1S/C31H34N4O2/c1-3-23-12-14-24(15-13-23)20-32-30(36)26-16-18-34(19-17-26)29-31(37)35(21-25-10-8-22(2)9-11-25)28-7-5-4-6-27(28)33-29/h4-15,26H,3,16-21H2,1-2H3,(H,32,36). The van der Waals surface area contributed by atoms with Crippen LogP contribution in [0.15, 0.2) is 77.6 Å². The number of para-hydroxylation sites is 2. The molecule has 1 aromatic heterocycles. The van der Waals surface area contributed by atoms with Gasteiger partial charge in [0.05, 0.1) is 17.6 Å². The molecular formula is C31H34N4O2. The van der Waals surface area contributed by atoms with Gasteiger partial charge in [-0.1, -0.05) is 73.2 Å². The molecule has 0 bridgehead atoms. The Bertz CT molecular complexity index is 1430. The number of piperidine rings is 1. The summed E-state index contributed by atoms with van der Waals surface area (Å²) in [6.07, 6.45) is 2.41. The van der Waals surface area contributed by atoms with Gasteiger partial charge in [0.25, 0.3) is 5.56 Å². The number of carbonyl (C=O) groups is 1. The van der Waals surface area contributed by atoms with Crippen LogP contribution in [-0.2, 0) is 24.3 Å². The second kappa shape index (κ2) is 11.0. The zero-order chi connectivity index (χ0) is 25.8. The summed E-state index contributed by atoms with van der Waals surface area (Å²) in [5, 5.41) is 3.10. The summed E-state index contributed by atoms with van der Waals surface area (Å²) in [6, 6.07) is 24.5. The predicted molar refractivity (Wildman–Crippen MR) is 149 cm³/mol. The third-order valence-corrected chi connectivity index (χ3v) is 7.36. The van der Waals surface area contributed by atoms with Gasteiger partial charge in [0.1, 0.15) is 0 Å². The lowest BCUT2D eigenvalue weighted by Crippen LogP contribution is -2.43. The van der Waals surface area contributed by atoms with Gasteiger partial charge in [-0.15, -0.1) is 0 Å². The SMILES string of the molecule is CCc1ccc(CNC(=O)C2CCN(c3nc4ccccc4n(Cc4ccc(C)cc4)c3=O)CC2)cc1. The minimum absolute atomic E-state index is 0.0543. The molecule has 0 atom stereocenters. The Labute approximate surface area is 218 Å². The lowest BCUT2D eigenvalue weighted by atomic mass is 9.95. The maximum Gasteiger partial charge on any atom is 0.294 e. The molecule has 190 valence electrons. The van der Waals surface area contributed by atoms with Gasteiger partial charge in [0.15, 0.2) is 5.82 Å². The van der Waals surface area contributed by atoms with Gasteiger partial charge in [-0.25, -0.2) is 4.98 Å². The molecule has 37 heavy (non-hydrogen) atoms. The molecule has 0 aliphatic carbocycles. The number of hydrogen-bond donors (Lipinski definition) is 1. The molecule has 6 heteroatoms. The maximum absolute atomic E-state index is 13.7. The van der Waals surface area contributed by atoms with Crippen molar-refractivity contribution in [2.75, 3.05) is 18.0 Å². The number of amides is 1. The fourth-order valence-electron chi connectivity index (χ4n) is 5.00. The highest BCUT2D eigenvalue weighted by atomic mass is 16.2. The highest BCUT2D eigenvalue weighted by Crippen LogP contribution is 2.23. The third kappa shape index (κ3) is 5.58. The summed E-state index contributed by atoms with van der Waals surface area (Å²) < 4.78 is 1.82. The van der Waals surface area contributed by atoms with Crippen molar-refractivity contribution in [1.29, 1.82) is 0 Å². The van der Waals surface area contributed by atoms with E-state index in [9.17, 15) is 9.59 Å². The minimum atomic E-state index is -0.0855. The van der Waals surface area contributed by atoms with Crippen LogP contribution in [0.2, 0.25) is 0 Å². The Hall–Kier alpha value is -3.93. The molecule has 1 saturated heterocycles. The van der Waals surface area contributed by atoms with E-state index in [1.165, 1.54) is 11.1 Å². The van der Waals surface area contributed by atoms with Gasteiger partial charge >= 0.3 is 0 Å². The van der Waals surface area contributed by atoms with Crippen LogP contribution in [0.1, 0.15) is 42.0 Å². The summed E-state index contributed by atoms with van der Waals surface area (Å²) in [5.74, 6) is 0.504. The highest BCUT2D eigenvalue weighted by Gasteiger charge is 2.27. The molecule has 6 nitrogen and oxygen atoms in total. The number of anilines is 1. The quantitative estimate of drug-likeness (QED) is 0.399. The Morgan fingerprint density at radius 2 is 1.57 bits per heavy atom. The fourth-order valence-corrected chi connectivity index (χ4v) is 5.00. The van der Waals surface area contributed by atoms with Gasteiger partial charge in [0.2, 0.25) is 5.91 Å². The summed E-state index contributed by atoms with van der Waals surface area (Å²) in [7, 11) is 0. The van der Waals surface area contributed by atoms with Gasteiger partial charge in [0, 0.05) is 25.6 Å². The van der Waals surface area contributed by atoms with Crippen molar-refractivity contribution in [3.05, 3.63) is 105 Å². The topological polar surface area (TPSA) is 67.2 Å². The van der Waals surface area contributed by atoms with E-state index >= 15 is 0 Å². The van der Waals surface area contributed by atoms with E-state index in [4.69, 9.17) is 4.98 Å². The zero-order valence-corrected chi connectivity index (χ0v) is 21.6. The van der Waals surface area contributed by atoms with Crippen LogP contribution in [0.5, 0.6) is 0 Å². The number of hydrogen-bond acceptors (Lipinski definition) is 4. The van der Waals surface area contributed by atoms with Crippen molar-refractivity contribution < 1.29 is 4.79 Å². The minimum Gasteiger partial charge on any atom is -0.352 e. The van der Waals surface area contributed by atoms with Gasteiger partial charge in [-0.2, -0.15) is 0 Å². The van der Waals surface area contributed by atoms with E-state index in [2.05, 4.69) is 67.7 Å². The highest BCUT2D eigenvalue weighted by molar-refractivity contribution is 5.79. The first-order valence-electron chi connectivity index (χ1n) is 13.2. The van der Waals surface area contributed by atoms with Crippen molar-refractivity contribution in [1.82, 2.24) is 14.9 Å². The number of nitrogens with zero attached hydrogens (tertiary/aromatic N) is 3. The molecule has 2 heterocycles. The molecular weight excluding hydrogens is 460 g/mol. The zero-order valence-electron chi connectivity index (χ0n) is 21.6. The number of carbonyl (C=O) groups excluding carboxylic acids is 1. The van der Waals surface area contributed by atoms with Crippen molar-refractivity contribution in [2.45, 2.75) is 46.2 Å². The van der Waals surface area contributed by atoms with E-state index in [1.54, 1.807) is 0 Å². The Balaban J connectivity index is 1.29. The smallest absolute Gasteiger partial charge is 0.294 e. The predicted octanol–water partition coefficient (Wildman–Crippen LogP) is 4.85. The summed E-state index contributed by atoms with van der Waals surface area (Å²) in [5.41, 5.74) is 6.22. The number of nitrogens with one attached hydrogen (secondary N) is 1. The number of fused-ring (bicyclic) bond motifs is 1. The molecule has 0 unspecified atom stereocenters. The van der Waals surface area contributed by atoms with E-state index in [1.807, 2.05) is 33.7 Å². The van der Waals surface area contributed by atoms with Crippen LogP contribution in [-0.4, -0.2) is 28.5 Å². The van der Waals surface area contributed by atoms with Crippen molar-refractivity contribution in [3.8, 4) is 0 Å². The number of rotatable bonds is 7. The molecule has 1 fully saturated rings. The summed E-state index contributed by atoms with van der Waals surface area (Å²) in [4.78, 5) is 33.3. The van der Waals surface area contributed by atoms with Gasteiger partial charge in [-0.3, -0.25) is 14.2 Å². The van der Waals surface area contributed by atoms with E-state index in [0.29, 0.717) is 44.8 Å². The van der Waals surface area contributed by atoms with E-state index in [-0.39, 0.29) is 17.4 Å². The molecule has 1 amide bonds. The lowest BCUT2D eigenvalue weighted by molar-refractivity contribution is -0.125. The molecule has 3 aromatic carbocycles. The monoisotopic (exact) mass is 494 g/mol. The normalized spacial score (nSPS) is 14.2. The largest absolute Gasteiger partial charge is 0.352 e. The summed E-state index contributed by atoms with van der Waals surface area (Å²) >= 11 is 0. The van der Waals surface area contributed by atoms with Crippen molar-refractivity contribution in [2.24, 2.45) is 5.92 Å². The molecule has 1 aliphatic heterocycles. The van der Waals surface area contributed by atoms with Crippen LogP contribution in [0.4, 0.5) is 5.82 Å². The molecule has 1 N–H and O–H groups in total. The first kappa shape index (κ1) is 24.8. The number of aromatic nitrogens is 2. The number of benzene rings is 3. The van der Waals surface area contributed by atoms with Crippen LogP contribution >= 0.6 is 0 Å². The lowest BCUT2D eigenvalue weighted by Gasteiger charge is -2.32. The van der Waals surface area contributed by atoms with E-state index in [0.717, 1.165) is 28.6 Å². The molecule has 1 aliphatic rings.